The van der Waals surface area contributed by atoms with Crippen molar-refractivity contribution in [2.24, 2.45) is 5.92 Å². The summed E-state index contributed by atoms with van der Waals surface area (Å²) in [5.74, 6) is -0.195. The van der Waals surface area contributed by atoms with Crippen LogP contribution in [0.25, 0.3) is 10.8 Å². The average Bonchev–Trinajstić information content (AvgIpc) is 2.63. The van der Waals surface area contributed by atoms with Crippen LogP contribution in [0.4, 0.5) is 5.69 Å². The summed E-state index contributed by atoms with van der Waals surface area (Å²) < 4.78 is 34.1. The van der Waals surface area contributed by atoms with Crippen LogP contribution in [0.15, 0.2) is 48.2 Å². The summed E-state index contributed by atoms with van der Waals surface area (Å²) in [5, 5.41) is 10.1. The van der Waals surface area contributed by atoms with Gasteiger partial charge in [0.25, 0.3) is 0 Å². The van der Waals surface area contributed by atoms with Crippen molar-refractivity contribution in [2.45, 2.75) is 31.4 Å². The first-order valence-corrected chi connectivity index (χ1v) is 10.3. The molecule has 0 fully saturated rings. The van der Waals surface area contributed by atoms with E-state index in [-0.39, 0.29) is 12.3 Å². The highest BCUT2D eigenvalue weighted by molar-refractivity contribution is 7.93. The van der Waals surface area contributed by atoms with Gasteiger partial charge in [-0.15, -0.1) is 0 Å². The highest BCUT2D eigenvalue weighted by Gasteiger charge is 2.32. The minimum Gasteiger partial charge on any atom is -0.501 e. The normalized spacial score (nSPS) is 20.1. The predicted molar refractivity (Wildman–Crippen MR) is 105 cm³/mol. The smallest absolute Gasteiger partial charge is 0.307 e. The molecule has 0 spiro atoms. The quantitative estimate of drug-likeness (QED) is 0.788. The first kappa shape index (κ1) is 19.2. The number of benzene rings is 2. The predicted octanol–water partition coefficient (Wildman–Crippen LogP) is 3.54. The lowest BCUT2D eigenvalue weighted by Gasteiger charge is -2.27. The van der Waals surface area contributed by atoms with Crippen LogP contribution in [0, 0.1) is 5.92 Å². The van der Waals surface area contributed by atoms with Gasteiger partial charge < -0.3 is 9.84 Å². The van der Waals surface area contributed by atoms with Crippen molar-refractivity contribution in [3.63, 3.8) is 0 Å². The van der Waals surface area contributed by atoms with Gasteiger partial charge in [0.1, 0.15) is 0 Å². The molecule has 7 heteroatoms. The Balaban J connectivity index is 1.99. The zero-order valence-corrected chi connectivity index (χ0v) is 16.1. The van der Waals surface area contributed by atoms with Crippen LogP contribution in [0.1, 0.15) is 25.3 Å². The summed E-state index contributed by atoms with van der Waals surface area (Å²) >= 11 is 0. The fraction of sp³-hybridized carbons (Fsp3) is 0.350. The monoisotopic (exact) mass is 389 g/mol. The van der Waals surface area contributed by atoms with Crippen molar-refractivity contribution in [1.82, 2.24) is 0 Å². The fourth-order valence-corrected chi connectivity index (χ4v) is 5.15. The Morgan fingerprint density at radius 3 is 2.67 bits per heavy atom. The minimum atomic E-state index is -3.69. The van der Waals surface area contributed by atoms with Crippen LogP contribution in [-0.2, 0) is 26.0 Å². The number of fused-ring (bicyclic) bond motifs is 1. The van der Waals surface area contributed by atoms with Gasteiger partial charge in [0.05, 0.1) is 30.2 Å². The van der Waals surface area contributed by atoms with Crippen molar-refractivity contribution in [1.29, 1.82) is 0 Å². The maximum absolute atomic E-state index is 13.0. The number of carboxylic acids is 1. The van der Waals surface area contributed by atoms with E-state index < -0.39 is 21.2 Å². The van der Waals surface area contributed by atoms with Gasteiger partial charge in [0.15, 0.2) is 0 Å². The molecule has 1 aliphatic carbocycles. The number of aliphatic carboxylic acids is 1. The summed E-state index contributed by atoms with van der Waals surface area (Å²) in [4.78, 5) is 11.2. The Labute approximate surface area is 158 Å². The number of carboxylic acid groups (broad SMARTS) is 1. The van der Waals surface area contributed by atoms with Crippen LogP contribution in [-0.4, -0.2) is 31.9 Å². The maximum Gasteiger partial charge on any atom is 0.307 e. The first-order chi connectivity index (χ1) is 12.8. The molecule has 2 aromatic carbocycles. The van der Waals surface area contributed by atoms with Gasteiger partial charge in [-0.05, 0) is 29.9 Å². The summed E-state index contributed by atoms with van der Waals surface area (Å²) in [6, 6.07) is 10.8. The van der Waals surface area contributed by atoms with Gasteiger partial charge in [0, 0.05) is 11.3 Å². The standard InChI is InChI=1S/C20H23NO5S/c1-13-11-16(9-10-18(13)26-2)27(24,25)21-20-15(12-19(22)23)8-7-14-5-3-4-6-17(14)20/h3-8,10,13,16,21H,9,11-12H2,1-2H3,(H,22,23)/t13-,16+/m0/s1. The number of carbonyl (C=O) groups is 1. The molecule has 2 atom stereocenters. The molecule has 6 nitrogen and oxygen atoms in total. The van der Waals surface area contributed by atoms with E-state index in [1.54, 1.807) is 25.3 Å². The molecule has 0 aliphatic heterocycles. The summed E-state index contributed by atoms with van der Waals surface area (Å²) in [7, 11) is -2.11. The molecule has 144 valence electrons. The number of hydrogen-bond donors (Lipinski definition) is 2. The molecule has 27 heavy (non-hydrogen) atoms. The van der Waals surface area contributed by atoms with Gasteiger partial charge in [0.2, 0.25) is 10.0 Å². The lowest BCUT2D eigenvalue weighted by atomic mass is 9.95. The number of ether oxygens (including phenoxy) is 1. The van der Waals surface area contributed by atoms with Gasteiger partial charge in [-0.25, -0.2) is 8.42 Å². The Kier molecular flexibility index (Phi) is 5.41. The third-order valence-corrected chi connectivity index (χ3v) is 6.71. The van der Waals surface area contributed by atoms with E-state index in [1.807, 2.05) is 31.2 Å². The topological polar surface area (TPSA) is 92.7 Å². The van der Waals surface area contributed by atoms with Crippen LogP contribution in [0.3, 0.4) is 0 Å². The lowest BCUT2D eigenvalue weighted by Crippen LogP contribution is -2.32. The highest BCUT2D eigenvalue weighted by atomic mass is 32.2. The Bertz CT molecular complexity index is 997. The van der Waals surface area contributed by atoms with E-state index in [0.717, 1.165) is 11.1 Å². The number of sulfonamides is 1. The summed E-state index contributed by atoms with van der Waals surface area (Å²) in [6.07, 6.45) is 2.38. The maximum atomic E-state index is 13.0. The second kappa shape index (κ2) is 7.60. The Morgan fingerprint density at radius 1 is 1.26 bits per heavy atom. The molecule has 0 aromatic heterocycles. The second-order valence-corrected chi connectivity index (χ2v) is 8.80. The molecule has 3 rings (SSSR count). The molecule has 2 N–H and O–H groups in total. The highest BCUT2D eigenvalue weighted by Crippen LogP contribution is 2.33. The third-order valence-electron chi connectivity index (χ3n) is 4.96. The van der Waals surface area contributed by atoms with Crippen molar-refractivity contribution in [3.05, 3.63) is 53.8 Å². The fourth-order valence-electron chi connectivity index (χ4n) is 3.57. The van der Waals surface area contributed by atoms with Gasteiger partial charge in [-0.2, -0.15) is 0 Å². The summed E-state index contributed by atoms with van der Waals surface area (Å²) in [5.41, 5.74) is 0.798. The van der Waals surface area contributed by atoms with Gasteiger partial charge in [-0.1, -0.05) is 43.3 Å². The molecule has 0 saturated carbocycles. The number of hydrogen-bond acceptors (Lipinski definition) is 4. The third kappa shape index (κ3) is 4.08. The minimum absolute atomic E-state index is 0.0105. The van der Waals surface area contributed by atoms with Gasteiger partial charge >= 0.3 is 5.97 Å². The molecule has 0 heterocycles. The number of anilines is 1. The Hall–Kier alpha value is -2.54. The van der Waals surface area contributed by atoms with Crippen LogP contribution < -0.4 is 4.72 Å². The molecule has 0 amide bonds. The number of methoxy groups -OCH3 is 1. The molecule has 1 aliphatic rings. The van der Waals surface area contributed by atoms with Crippen molar-refractivity contribution in [3.8, 4) is 0 Å². The second-order valence-electron chi connectivity index (χ2n) is 6.84. The van der Waals surface area contributed by atoms with Crippen molar-refractivity contribution >= 4 is 32.5 Å². The molecule has 2 aromatic rings. The van der Waals surface area contributed by atoms with E-state index in [2.05, 4.69) is 4.72 Å². The van der Waals surface area contributed by atoms with E-state index in [1.165, 1.54) is 0 Å². The average molecular weight is 389 g/mol. The zero-order chi connectivity index (χ0) is 19.6. The zero-order valence-electron chi connectivity index (χ0n) is 15.3. The van der Waals surface area contributed by atoms with Gasteiger partial charge in [-0.3, -0.25) is 9.52 Å². The lowest BCUT2D eigenvalue weighted by molar-refractivity contribution is -0.136. The number of allylic oxidation sites excluding steroid dienone is 2. The molecule has 0 saturated heterocycles. The SMILES string of the molecule is COC1=CC[C@@H](S(=O)(=O)Nc2c(CC(=O)O)ccc3ccccc23)C[C@@H]1C. The first-order valence-electron chi connectivity index (χ1n) is 8.80. The summed E-state index contributed by atoms with van der Waals surface area (Å²) in [6.45, 7) is 1.94. The van der Waals surface area contributed by atoms with Crippen LogP contribution in [0.2, 0.25) is 0 Å². The molecule has 0 bridgehead atoms. The molecular weight excluding hydrogens is 366 g/mol. The number of nitrogens with one attached hydrogen (secondary N) is 1. The van der Waals surface area contributed by atoms with E-state index >= 15 is 0 Å². The van der Waals surface area contributed by atoms with Crippen LogP contribution in [0.5, 0.6) is 0 Å². The van der Waals surface area contributed by atoms with Crippen molar-refractivity contribution < 1.29 is 23.1 Å². The number of rotatable bonds is 6. The largest absolute Gasteiger partial charge is 0.501 e. The van der Waals surface area contributed by atoms with E-state index in [4.69, 9.17) is 4.74 Å². The Morgan fingerprint density at radius 2 is 2.00 bits per heavy atom. The van der Waals surface area contributed by atoms with E-state index in [9.17, 15) is 18.3 Å². The molecule has 0 radical (unpaired) electrons. The van der Waals surface area contributed by atoms with E-state index in [0.29, 0.717) is 29.5 Å². The molecular formula is C20H23NO5S. The van der Waals surface area contributed by atoms with Crippen LogP contribution >= 0.6 is 0 Å². The van der Waals surface area contributed by atoms with Crippen molar-refractivity contribution in [2.75, 3.05) is 11.8 Å². The molecule has 0 unspecified atom stereocenters.